The molecule has 0 unspecified atom stereocenters. The summed E-state index contributed by atoms with van der Waals surface area (Å²) < 4.78 is 7.30. The fourth-order valence-electron chi connectivity index (χ4n) is 3.80. The van der Waals surface area contributed by atoms with Gasteiger partial charge in [-0.15, -0.1) is 0 Å². The first-order valence-corrected chi connectivity index (χ1v) is 9.68. The normalized spacial score (nSPS) is 16.2. The number of aromatic nitrogens is 1. The van der Waals surface area contributed by atoms with Crippen LogP contribution in [0.1, 0.15) is 59.9 Å². The van der Waals surface area contributed by atoms with E-state index in [0.717, 1.165) is 17.1 Å². The average molecular weight is 384 g/mol. The predicted molar refractivity (Wildman–Crippen MR) is 107 cm³/mol. The summed E-state index contributed by atoms with van der Waals surface area (Å²) in [4.78, 5) is 24.8. The van der Waals surface area contributed by atoms with E-state index in [-0.39, 0.29) is 18.7 Å². The Labute approximate surface area is 165 Å². The van der Waals surface area contributed by atoms with Crippen molar-refractivity contribution in [3.63, 3.8) is 0 Å². The van der Waals surface area contributed by atoms with Crippen molar-refractivity contribution in [1.29, 1.82) is 0 Å². The Morgan fingerprint density at radius 2 is 1.75 bits per heavy atom. The van der Waals surface area contributed by atoms with Gasteiger partial charge < -0.3 is 19.7 Å². The zero-order valence-electron chi connectivity index (χ0n) is 16.9. The van der Waals surface area contributed by atoms with Gasteiger partial charge in [0.1, 0.15) is 5.54 Å². The molecule has 1 saturated heterocycles. The number of aryl methyl sites for hydroxylation is 1. The fourth-order valence-corrected chi connectivity index (χ4v) is 3.80. The standard InChI is InChI=1S/C22H28N2O4/c1-14(2)17-5-7-18(8-6-17)24-15(3)13-19(16(24)4)20(25)23-22(21(26)27)9-11-28-12-10-22/h5-8,13-14H,9-12H2,1-4H3,(H,23,25)(H,26,27). The molecule has 3 rings (SSSR count). The number of benzene rings is 1. The number of amides is 1. The number of ether oxygens (including phenoxy) is 1. The molecule has 1 aliphatic rings. The Morgan fingerprint density at radius 1 is 1.14 bits per heavy atom. The summed E-state index contributed by atoms with van der Waals surface area (Å²) in [6, 6.07) is 10.1. The lowest BCUT2D eigenvalue weighted by Gasteiger charge is -2.33. The molecule has 1 aromatic heterocycles. The highest BCUT2D eigenvalue weighted by Crippen LogP contribution is 2.26. The average Bonchev–Trinajstić information content (AvgIpc) is 2.97. The van der Waals surface area contributed by atoms with Crippen molar-refractivity contribution in [1.82, 2.24) is 9.88 Å². The Hall–Kier alpha value is -2.60. The molecule has 28 heavy (non-hydrogen) atoms. The number of carboxylic acids is 1. The molecule has 6 nitrogen and oxygen atoms in total. The summed E-state index contributed by atoms with van der Waals surface area (Å²) in [5.74, 6) is -0.918. The topological polar surface area (TPSA) is 80.6 Å². The second kappa shape index (κ2) is 7.80. The van der Waals surface area contributed by atoms with Crippen LogP contribution in [0.15, 0.2) is 30.3 Å². The maximum absolute atomic E-state index is 13.0. The van der Waals surface area contributed by atoms with Gasteiger partial charge in [-0.3, -0.25) is 4.79 Å². The minimum atomic E-state index is -1.27. The maximum atomic E-state index is 13.0. The number of hydrogen-bond acceptors (Lipinski definition) is 3. The quantitative estimate of drug-likeness (QED) is 0.826. The van der Waals surface area contributed by atoms with Crippen LogP contribution >= 0.6 is 0 Å². The summed E-state index contributed by atoms with van der Waals surface area (Å²) in [7, 11) is 0. The van der Waals surface area contributed by atoms with Gasteiger partial charge in [0.05, 0.1) is 5.56 Å². The molecular formula is C22H28N2O4. The molecule has 0 radical (unpaired) electrons. The maximum Gasteiger partial charge on any atom is 0.329 e. The van der Waals surface area contributed by atoms with Crippen LogP contribution in [0.3, 0.4) is 0 Å². The van der Waals surface area contributed by atoms with Crippen LogP contribution in [-0.2, 0) is 9.53 Å². The summed E-state index contributed by atoms with van der Waals surface area (Å²) in [5, 5.41) is 12.5. The highest BCUT2D eigenvalue weighted by Gasteiger charge is 2.42. The first-order valence-electron chi connectivity index (χ1n) is 9.68. The first kappa shape index (κ1) is 20.1. The lowest BCUT2D eigenvalue weighted by atomic mass is 9.89. The molecule has 0 aliphatic carbocycles. The summed E-state index contributed by atoms with van der Waals surface area (Å²) in [6.07, 6.45) is 0.535. The zero-order valence-corrected chi connectivity index (χ0v) is 16.9. The van der Waals surface area contributed by atoms with E-state index in [9.17, 15) is 14.7 Å². The van der Waals surface area contributed by atoms with Crippen LogP contribution in [0.5, 0.6) is 0 Å². The molecule has 6 heteroatoms. The molecule has 1 amide bonds. The van der Waals surface area contributed by atoms with Crippen LogP contribution in [-0.4, -0.2) is 40.3 Å². The number of carboxylic acid groups (broad SMARTS) is 1. The molecule has 1 aliphatic heterocycles. The molecule has 0 saturated carbocycles. The van der Waals surface area contributed by atoms with Crippen molar-refractivity contribution in [3.8, 4) is 5.69 Å². The molecule has 2 heterocycles. The van der Waals surface area contributed by atoms with Gasteiger partial charge in [-0.05, 0) is 43.5 Å². The van der Waals surface area contributed by atoms with E-state index in [2.05, 4.69) is 31.3 Å². The molecule has 150 valence electrons. The SMILES string of the molecule is Cc1cc(C(=O)NC2(C(=O)O)CCOCC2)c(C)n1-c1ccc(C(C)C)cc1. The highest BCUT2D eigenvalue weighted by atomic mass is 16.5. The molecular weight excluding hydrogens is 356 g/mol. The number of rotatable bonds is 5. The Kier molecular flexibility index (Phi) is 5.61. The summed E-state index contributed by atoms with van der Waals surface area (Å²) in [5.41, 5.74) is 3.19. The van der Waals surface area contributed by atoms with E-state index in [1.54, 1.807) is 0 Å². The van der Waals surface area contributed by atoms with Gasteiger partial charge in [0.2, 0.25) is 0 Å². The lowest BCUT2D eigenvalue weighted by Crippen LogP contribution is -2.57. The van der Waals surface area contributed by atoms with Gasteiger partial charge in [0, 0.05) is 43.1 Å². The molecule has 0 bridgehead atoms. The third-order valence-corrected chi connectivity index (χ3v) is 5.60. The molecule has 1 fully saturated rings. The van der Waals surface area contributed by atoms with Gasteiger partial charge in [-0.1, -0.05) is 26.0 Å². The van der Waals surface area contributed by atoms with Crippen LogP contribution in [0.25, 0.3) is 5.69 Å². The Morgan fingerprint density at radius 3 is 2.29 bits per heavy atom. The van der Waals surface area contributed by atoms with E-state index in [4.69, 9.17) is 4.74 Å². The van der Waals surface area contributed by atoms with Crippen LogP contribution < -0.4 is 5.32 Å². The van der Waals surface area contributed by atoms with Crippen LogP contribution in [0.4, 0.5) is 0 Å². The summed E-state index contributed by atoms with van der Waals surface area (Å²) >= 11 is 0. The molecule has 0 atom stereocenters. The fraction of sp³-hybridized carbons (Fsp3) is 0.455. The van der Waals surface area contributed by atoms with E-state index in [0.29, 0.717) is 24.7 Å². The van der Waals surface area contributed by atoms with Crippen molar-refractivity contribution in [3.05, 3.63) is 52.8 Å². The van der Waals surface area contributed by atoms with Gasteiger partial charge in [0.25, 0.3) is 5.91 Å². The number of carbonyl (C=O) groups excluding carboxylic acids is 1. The van der Waals surface area contributed by atoms with Crippen molar-refractivity contribution >= 4 is 11.9 Å². The van der Waals surface area contributed by atoms with E-state index < -0.39 is 11.5 Å². The number of carbonyl (C=O) groups is 2. The van der Waals surface area contributed by atoms with Gasteiger partial charge in [0.15, 0.2) is 0 Å². The Balaban J connectivity index is 1.90. The third kappa shape index (κ3) is 3.69. The number of aliphatic carboxylic acids is 1. The lowest BCUT2D eigenvalue weighted by molar-refractivity contribution is -0.148. The van der Waals surface area contributed by atoms with Crippen LogP contribution in [0, 0.1) is 13.8 Å². The van der Waals surface area contributed by atoms with E-state index in [1.165, 1.54) is 5.56 Å². The molecule has 0 spiro atoms. The monoisotopic (exact) mass is 384 g/mol. The van der Waals surface area contributed by atoms with E-state index >= 15 is 0 Å². The second-order valence-electron chi connectivity index (χ2n) is 7.82. The molecule has 2 aromatic rings. The van der Waals surface area contributed by atoms with Crippen molar-refractivity contribution < 1.29 is 19.4 Å². The summed E-state index contributed by atoms with van der Waals surface area (Å²) in [6.45, 7) is 8.79. The smallest absolute Gasteiger partial charge is 0.329 e. The van der Waals surface area contributed by atoms with Gasteiger partial charge in [-0.25, -0.2) is 4.79 Å². The highest BCUT2D eigenvalue weighted by molar-refractivity contribution is 5.99. The van der Waals surface area contributed by atoms with Gasteiger partial charge in [-0.2, -0.15) is 0 Å². The third-order valence-electron chi connectivity index (χ3n) is 5.60. The van der Waals surface area contributed by atoms with Crippen LogP contribution in [0.2, 0.25) is 0 Å². The largest absolute Gasteiger partial charge is 0.480 e. The number of hydrogen-bond donors (Lipinski definition) is 2. The van der Waals surface area contributed by atoms with Crippen molar-refractivity contribution in [2.24, 2.45) is 0 Å². The predicted octanol–water partition coefficient (Wildman–Crippen LogP) is 3.58. The zero-order chi connectivity index (χ0) is 20.5. The first-order chi connectivity index (χ1) is 13.2. The molecule has 2 N–H and O–H groups in total. The number of nitrogens with one attached hydrogen (secondary N) is 1. The van der Waals surface area contributed by atoms with Crippen molar-refractivity contribution in [2.75, 3.05) is 13.2 Å². The molecule has 1 aromatic carbocycles. The van der Waals surface area contributed by atoms with E-state index in [1.807, 2.05) is 36.6 Å². The van der Waals surface area contributed by atoms with Crippen molar-refractivity contribution in [2.45, 2.75) is 52.0 Å². The second-order valence-corrected chi connectivity index (χ2v) is 7.82. The number of nitrogens with zero attached hydrogens (tertiary/aromatic N) is 1. The van der Waals surface area contributed by atoms with Gasteiger partial charge >= 0.3 is 5.97 Å². The minimum absolute atomic E-state index is 0.267. The Bertz CT molecular complexity index is 875. The minimum Gasteiger partial charge on any atom is -0.480 e.